The molecule has 7 heteroatoms. The fraction of sp³-hybridized carbons (Fsp3) is 0.480. The fourth-order valence-corrected chi connectivity index (χ4v) is 5.94. The molecule has 1 amide bonds. The average molecular weight is 453 g/mol. The van der Waals surface area contributed by atoms with Crippen LogP contribution in [0.1, 0.15) is 58.8 Å². The van der Waals surface area contributed by atoms with E-state index in [4.69, 9.17) is 4.99 Å². The van der Waals surface area contributed by atoms with E-state index in [-0.39, 0.29) is 11.7 Å². The number of aliphatic imine (C=N–C) groups is 1. The summed E-state index contributed by atoms with van der Waals surface area (Å²) in [6, 6.07) is 5.18. The molecule has 1 saturated carbocycles. The number of nitrogens with zero attached hydrogens (tertiary/aromatic N) is 4. The van der Waals surface area contributed by atoms with E-state index in [1.165, 1.54) is 30.2 Å². The molecule has 5 rings (SSSR count). The molecule has 0 spiro atoms. The molecule has 1 aromatic heterocycles. The molecular weight excluding hydrogens is 423 g/mol. The zero-order chi connectivity index (χ0) is 22.2. The van der Waals surface area contributed by atoms with Crippen molar-refractivity contribution in [3.63, 3.8) is 0 Å². The number of amides is 1. The Morgan fingerprint density at radius 1 is 1.19 bits per heavy atom. The predicted octanol–water partition coefficient (Wildman–Crippen LogP) is 5.08. The highest BCUT2D eigenvalue weighted by Crippen LogP contribution is 2.32. The number of amidine groups is 1. The van der Waals surface area contributed by atoms with Crippen LogP contribution in [0.2, 0.25) is 0 Å². The van der Waals surface area contributed by atoms with E-state index in [1.807, 2.05) is 17.9 Å². The van der Waals surface area contributed by atoms with E-state index < -0.39 is 0 Å². The minimum Gasteiger partial charge on any atom is -0.347 e. The van der Waals surface area contributed by atoms with E-state index in [2.05, 4.69) is 16.0 Å². The van der Waals surface area contributed by atoms with E-state index in [1.54, 1.807) is 24.3 Å². The van der Waals surface area contributed by atoms with Crippen LogP contribution in [0.25, 0.3) is 5.70 Å². The molecule has 0 saturated heterocycles. The molecule has 1 fully saturated rings. The maximum atomic E-state index is 13.8. The van der Waals surface area contributed by atoms with E-state index in [9.17, 15) is 9.18 Å². The average Bonchev–Trinajstić information content (AvgIpc) is 3.34. The van der Waals surface area contributed by atoms with E-state index in [0.717, 1.165) is 40.6 Å². The quantitative estimate of drug-likeness (QED) is 0.650. The van der Waals surface area contributed by atoms with Gasteiger partial charge in [-0.2, -0.15) is 0 Å². The Kier molecular flexibility index (Phi) is 5.84. The van der Waals surface area contributed by atoms with Crippen molar-refractivity contribution in [3.05, 3.63) is 56.8 Å². The van der Waals surface area contributed by atoms with Crippen LogP contribution in [0.3, 0.4) is 0 Å². The summed E-state index contributed by atoms with van der Waals surface area (Å²) in [5, 5.41) is 1.07. The minimum absolute atomic E-state index is 0.130. The number of carbonyl (C=O) groups is 1. The van der Waals surface area contributed by atoms with Crippen LogP contribution in [0, 0.1) is 25.6 Å². The molecule has 2 aromatic rings. The number of hydrogen-bond donors (Lipinski definition) is 0. The molecule has 2 aliphatic heterocycles. The van der Waals surface area contributed by atoms with Crippen molar-refractivity contribution in [1.82, 2.24) is 14.8 Å². The molecule has 3 aliphatic rings. The number of carbonyl (C=O) groups excluding carboxylic acids is 1. The van der Waals surface area contributed by atoms with Crippen LogP contribution in [-0.4, -0.2) is 39.6 Å². The molecule has 0 radical (unpaired) electrons. The van der Waals surface area contributed by atoms with Gasteiger partial charge in [0.25, 0.3) is 0 Å². The molecule has 5 nitrogen and oxygen atoms in total. The Bertz CT molecular complexity index is 1080. The maximum Gasteiger partial charge on any atom is 0.242 e. The zero-order valence-electron chi connectivity index (χ0n) is 18.7. The van der Waals surface area contributed by atoms with Crippen LogP contribution in [-0.2, 0) is 17.9 Å². The molecule has 3 heterocycles. The number of hydrogen-bond acceptors (Lipinski definition) is 5. The normalized spacial score (nSPS) is 19.1. The molecule has 168 valence electrons. The summed E-state index contributed by atoms with van der Waals surface area (Å²) in [5.74, 6) is 1.34. The van der Waals surface area contributed by atoms with Gasteiger partial charge < -0.3 is 9.80 Å². The molecule has 0 unspecified atom stereocenters. The molecule has 0 atom stereocenters. The fourth-order valence-electron chi connectivity index (χ4n) is 4.98. The number of aromatic nitrogens is 1. The van der Waals surface area contributed by atoms with Crippen LogP contribution in [0.5, 0.6) is 0 Å². The molecular formula is C25H29FN4OS. The second kappa shape index (κ2) is 8.77. The van der Waals surface area contributed by atoms with Gasteiger partial charge in [0, 0.05) is 22.9 Å². The molecule has 1 aliphatic carbocycles. The van der Waals surface area contributed by atoms with Crippen LogP contribution < -0.4 is 0 Å². The van der Waals surface area contributed by atoms with Gasteiger partial charge in [-0.05, 0) is 56.5 Å². The third-order valence-corrected chi connectivity index (χ3v) is 7.72. The highest BCUT2D eigenvalue weighted by molar-refractivity contribution is 7.11. The molecule has 0 N–H and O–H groups in total. The van der Waals surface area contributed by atoms with Crippen LogP contribution in [0.4, 0.5) is 4.39 Å². The Balaban J connectivity index is 1.35. The number of halogens is 1. The number of benzene rings is 1. The van der Waals surface area contributed by atoms with Crippen LogP contribution >= 0.6 is 11.3 Å². The summed E-state index contributed by atoms with van der Waals surface area (Å²) in [6.45, 7) is 6.07. The molecule has 1 aromatic carbocycles. The lowest BCUT2D eigenvalue weighted by molar-refractivity contribution is -0.132. The van der Waals surface area contributed by atoms with Gasteiger partial charge >= 0.3 is 0 Å². The largest absolute Gasteiger partial charge is 0.347 e. The topological polar surface area (TPSA) is 48.8 Å². The first-order valence-corrected chi connectivity index (χ1v) is 12.3. The first kappa shape index (κ1) is 21.3. The summed E-state index contributed by atoms with van der Waals surface area (Å²) in [7, 11) is 0. The Hall–Kier alpha value is -2.54. The second-order valence-electron chi connectivity index (χ2n) is 9.09. The van der Waals surface area contributed by atoms with Crippen molar-refractivity contribution in [2.24, 2.45) is 10.9 Å². The summed E-state index contributed by atoms with van der Waals surface area (Å²) < 4.78 is 13.8. The van der Waals surface area contributed by atoms with Crippen LogP contribution in [0.15, 0.2) is 29.3 Å². The van der Waals surface area contributed by atoms with Gasteiger partial charge in [0.1, 0.15) is 11.7 Å². The number of thiazole rings is 1. The Morgan fingerprint density at radius 3 is 2.75 bits per heavy atom. The molecule has 0 bridgehead atoms. The monoisotopic (exact) mass is 452 g/mol. The summed E-state index contributed by atoms with van der Waals surface area (Å²) in [6.07, 6.45) is 7.98. The highest BCUT2D eigenvalue weighted by Gasteiger charge is 2.31. The summed E-state index contributed by atoms with van der Waals surface area (Å²) in [5.41, 5.74) is 3.50. The van der Waals surface area contributed by atoms with E-state index in [0.29, 0.717) is 37.7 Å². The van der Waals surface area contributed by atoms with Crippen molar-refractivity contribution in [3.8, 4) is 0 Å². The Labute approximate surface area is 192 Å². The first-order chi connectivity index (χ1) is 15.5. The lowest BCUT2D eigenvalue weighted by atomic mass is 9.87. The Morgan fingerprint density at radius 2 is 2.00 bits per heavy atom. The predicted molar refractivity (Wildman–Crippen MR) is 126 cm³/mol. The van der Waals surface area contributed by atoms with Gasteiger partial charge in [0.05, 0.1) is 36.0 Å². The van der Waals surface area contributed by atoms with Crippen molar-refractivity contribution in [1.29, 1.82) is 0 Å². The molecule has 32 heavy (non-hydrogen) atoms. The third kappa shape index (κ3) is 4.22. The van der Waals surface area contributed by atoms with Gasteiger partial charge in [-0.15, -0.1) is 11.3 Å². The van der Waals surface area contributed by atoms with Gasteiger partial charge in [0.2, 0.25) is 5.91 Å². The summed E-state index contributed by atoms with van der Waals surface area (Å²) >= 11 is 1.69. The number of fused-ring (bicyclic) bond motifs is 1. The second-order valence-corrected chi connectivity index (χ2v) is 10.4. The zero-order valence-corrected chi connectivity index (χ0v) is 19.6. The SMILES string of the molecule is Cc1nc2c(s1)CN(C(=O)CN1CC=C(c3ccc(F)c(C)c3)N=C1C1CCCCC1)C2. The van der Waals surface area contributed by atoms with E-state index >= 15 is 0 Å². The van der Waals surface area contributed by atoms with Crippen molar-refractivity contribution in [2.45, 2.75) is 59.0 Å². The lowest BCUT2D eigenvalue weighted by Gasteiger charge is -2.35. The van der Waals surface area contributed by atoms with Crippen molar-refractivity contribution >= 4 is 28.8 Å². The highest BCUT2D eigenvalue weighted by atomic mass is 32.1. The van der Waals surface area contributed by atoms with Gasteiger partial charge in [-0.1, -0.05) is 19.3 Å². The summed E-state index contributed by atoms with van der Waals surface area (Å²) in [4.78, 5) is 28.1. The number of aryl methyl sites for hydroxylation is 2. The third-order valence-electron chi connectivity index (χ3n) is 6.73. The van der Waals surface area contributed by atoms with Crippen molar-refractivity contribution < 1.29 is 9.18 Å². The number of rotatable bonds is 4. The van der Waals surface area contributed by atoms with Gasteiger partial charge in [-0.3, -0.25) is 4.79 Å². The van der Waals surface area contributed by atoms with Crippen molar-refractivity contribution in [2.75, 3.05) is 13.1 Å². The van der Waals surface area contributed by atoms with Gasteiger partial charge in [0.15, 0.2) is 0 Å². The minimum atomic E-state index is -0.197. The standard InChI is InChI=1S/C25H29FN4OS/c1-16-12-19(8-9-20(16)26)21-10-11-29(25(28-21)18-6-4-3-5-7-18)15-24(31)30-13-22-23(14-30)32-17(2)27-22/h8-10,12,18H,3-7,11,13-15H2,1-2H3. The lowest BCUT2D eigenvalue weighted by Crippen LogP contribution is -2.45. The maximum absolute atomic E-state index is 13.8. The van der Waals surface area contributed by atoms with Gasteiger partial charge in [-0.25, -0.2) is 14.4 Å². The smallest absolute Gasteiger partial charge is 0.242 e. The first-order valence-electron chi connectivity index (χ1n) is 11.5.